The van der Waals surface area contributed by atoms with Crippen molar-refractivity contribution < 1.29 is 9.31 Å². The zero-order valence-electron chi connectivity index (χ0n) is 19.2. The number of piperazine rings is 1. The van der Waals surface area contributed by atoms with Crippen LogP contribution >= 0.6 is 0 Å². The molecule has 2 aromatic carbocycles. The van der Waals surface area contributed by atoms with E-state index in [9.17, 15) is 4.79 Å². The Morgan fingerprint density at radius 3 is 2.59 bits per heavy atom. The van der Waals surface area contributed by atoms with Crippen molar-refractivity contribution in [2.24, 2.45) is 5.73 Å². The first kappa shape index (κ1) is 20.7. The molecule has 1 atom stereocenters. The molecule has 3 heterocycles. The first-order chi connectivity index (χ1) is 16.5. The Morgan fingerprint density at radius 2 is 1.85 bits per heavy atom. The zero-order chi connectivity index (χ0) is 23.2. The minimum Gasteiger partial charge on any atom is -0.351 e. The maximum Gasteiger partial charge on any atom is 0.410 e. The minimum absolute atomic E-state index is 0.0786. The smallest absolute Gasteiger partial charge is 0.351 e. The summed E-state index contributed by atoms with van der Waals surface area (Å²) in [5.41, 5.74) is 6.67. The van der Waals surface area contributed by atoms with Crippen molar-refractivity contribution in [1.82, 2.24) is 20.0 Å². The summed E-state index contributed by atoms with van der Waals surface area (Å²) in [6.07, 6.45) is 2.33. The van der Waals surface area contributed by atoms with Crippen LogP contribution in [0.3, 0.4) is 0 Å². The van der Waals surface area contributed by atoms with Crippen molar-refractivity contribution in [3.63, 3.8) is 0 Å². The van der Waals surface area contributed by atoms with Crippen LogP contribution in [0.25, 0.3) is 16.6 Å². The number of aromatic nitrogens is 4. The number of benzene rings is 2. The number of anilines is 2. The van der Waals surface area contributed by atoms with Gasteiger partial charge >= 0.3 is 11.8 Å². The van der Waals surface area contributed by atoms with Crippen LogP contribution in [-0.2, 0) is 0 Å². The summed E-state index contributed by atoms with van der Waals surface area (Å²) < 4.78 is 1.95. The molecular formula is C25H29N8O+. The molecular weight excluding hydrogens is 428 g/mol. The molecule has 6 rings (SSSR count). The fraction of sp³-hybridized carbons (Fsp3) is 0.360. The number of hydrogen-bond donors (Lipinski definition) is 3. The number of amides is 2. The van der Waals surface area contributed by atoms with Crippen LogP contribution in [0.1, 0.15) is 43.1 Å². The van der Waals surface area contributed by atoms with Gasteiger partial charge in [-0.15, -0.1) is 4.52 Å². The number of nitrogens with two attached hydrogens (primary N) is 1. The molecule has 1 saturated carbocycles. The van der Waals surface area contributed by atoms with Gasteiger partial charge in [-0.25, -0.2) is 9.89 Å². The molecule has 2 aromatic heterocycles. The van der Waals surface area contributed by atoms with Crippen molar-refractivity contribution >= 4 is 34.2 Å². The average molecular weight is 458 g/mol. The Balaban J connectivity index is 1.33. The van der Waals surface area contributed by atoms with Gasteiger partial charge in [-0.3, -0.25) is 0 Å². The highest BCUT2D eigenvalue weighted by molar-refractivity contribution is 5.83. The third kappa shape index (κ3) is 3.87. The highest BCUT2D eigenvalue weighted by Crippen LogP contribution is 2.38. The molecule has 1 aliphatic carbocycles. The van der Waals surface area contributed by atoms with E-state index >= 15 is 0 Å². The van der Waals surface area contributed by atoms with Gasteiger partial charge in [0.05, 0.1) is 12.1 Å². The van der Waals surface area contributed by atoms with Gasteiger partial charge in [0.15, 0.2) is 11.6 Å². The van der Waals surface area contributed by atoms with E-state index in [1.54, 1.807) is 4.90 Å². The lowest BCUT2D eigenvalue weighted by molar-refractivity contribution is -0.565. The molecule has 9 nitrogen and oxygen atoms in total. The van der Waals surface area contributed by atoms with E-state index in [0.717, 1.165) is 17.5 Å². The minimum atomic E-state index is -0.369. The van der Waals surface area contributed by atoms with Gasteiger partial charge in [0, 0.05) is 32.1 Å². The summed E-state index contributed by atoms with van der Waals surface area (Å²) in [5.74, 6) is 3.91. The molecule has 4 aromatic rings. The molecule has 1 aliphatic heterocycles. The second-order valence-electron chi connectivity index (χ2n) is 9.30. The summed E-state index contributed by atoms with van der Waals surface area (Å²) in [4.78, 5) is 25.0. The summed E-state index contributed by atoms with van der Waals surface area (Å²) >= 11 is 0. The number of carbonyl (C=O) groups is 1. The van der Waals surface area contributed by atoms with E-state index in [2.05, 4.69) is 70.8 Å². The van der Waals surface area contributed by atoms with Crippen LogP contribution in [0.15, 0.2) is 48.5 Å². The molecule has 4 N–H and O–H groups in total. The highest BCUT2D eigenvalue weighted by Gasteiger charge is 2.32. The van der Waals surface area contributed by atoms with Gasteiger partial charge < -0.3 is 20.9 Å². The van der Waals surface area contributed by atoms with Crippen LogP contribution in [0, 0.1) is 0 Å². The second kappa shape index (κ2) is 8.16. The quantitative estimate of drug-likeness (QED) is 0.400. The van der Waals surface area contributed by atoms with E-state index < -0.39 is 0 Å². The van der Waals surface area contributed by atoms with E-state index in [0.29, 0.717) is 37.9 Å². The number of nitrogens with one attached hydrogen (secondary N) is 2. The number of primary amides is 1. The summed E-state index contributed by atoms with van der Waals surface area (Å²) in [7, 11) is 0. The molecule has 34 heavy (non-hydrogen) atoms. The summed E-state index contributed by atoms with van der Waals surface area (Å²) in [5, 5.41) is 9.61. The summed E-state index contributed by atoms with van der Waals surface area (Å²) in [6, 6.07) is 16.8. The standard InChI is InChI=1S/C25H28N8O/c1-16(19-9-6-17-4-2-3-5-20(17)14-19)27-22-15-21(31-10-12-32(13-11-31)24(26)34)28-25-29-23(18-7-8-18)30-33(22)25/h2-6,9,14-16,18H,7-8,10-13H2,1H3,(H3,26,27,28,29,30,34)/p+1/t16-/m1/s1. The lowest BCUT2D eigenvalue weighted by Crippen LogP contribution is -2.51. The van der Waals surface area contributed by atoms with Gasteiger partial charge in [0.2, 0.25) is 5.82 Å². The molecule has 0 unspecified atom stereocenters. The van der Waals surface area contributed by atoms with Gasteiger partial charge in [-0.1, -0.05) is 46.4 Å². The number of hydrogen-bond acceptors (Lipinski definition) is 5. The Labute approximate surface area is 197 Å². The molecule has 2 amide bonds. The number of fused-ring (bicyclic) bond motifs is 2. The molecule has 0 spiro atoms. The molecule has 174 valence electrons. The Morgan fingerprint density at radius 1 is 1.09 bits per heavy atom. The van der Waals surface area contributed by atoms with Gasteiger partial charge in [0.25, 0.3) is 0 Å². The van der Waals surface area contributed by atoms with Crippen molar-refractivity contribution in [2.45, 2.75) is 31.7 Å². The molecule has 0 radical (unpaired) electrons. The zero-order valence-corrected chi connectivity index (χ0v) is 19.2. The summed E-state index contributed by atoms with van der Waals surface area (Å²) in [6.45, 7) is 4.72. The van der Waals surface area contributed by atoms with E-state index in [1.165, 1.54) is 29.2 Å². The van der Waals surface area contributed by atoms with Crippen molar-refractivity contribution in [3.05, 3.63) is 59.9 Å². The number of urea groups is 1. The molecule has 0 bridgehead atoms. The average Bonchev–Trinajstić information content (AvgIpc) is 3.62. The van der Waals surface area contributed by atoms with Crippen LogP contribution in [0.5, 0.6) is 0 Å². The normalized spacial score (nSPS) is 17.3. The third-order valence-electron chi connectivity index (χ3n) is 6.89. The van der Waals surface area contributed by atoms with Crippen molar-refractivity contribution in [1.29, 1.82) is 0 Å². The fourth-order valence-corrected chi connectivity index (χ4v) is 4.66. The molecule has 2 aliphatic rings. The number of aromatic amines is 1. The highest BCUT2D eigenvalue weighted by atomic mass is 16.2. The molecule has 1 saturated heterocycles. The topological polar surface area (TPSA) is 107 Å². The lowest BCUT2D eigenvalue weighted by Gasteiger charge is -2.33. The SMILES string of the molecule is C[C@@H](Nc1cc(N2CCN(C(N)=O)CC2)nc2nc(C3CC3)[nH][n+]12)c1ccc2ccccc2c1. The number of nitrogens with zero attached hydrogens (tertiary/aromatic N) is 5. The first-order valence-corrected chi connectivity index (χ1v) is 11.9. The van der Waals surface area contributed by atoms with Crippen LogP contribution in [0.2, 0.25) is 0 Å². The maximum atomic E-state index is 11.5. The van der Waals surface area contributed by atoms with Crippen LogP contribution in [0.4, 0.5) is 16.4 Å². The molecule has 9 heteroatoms. The lowest BCUT2D eigenvalue weighted by atomic mass is 10.0. The Kier molecular flexibility index (Phi) is 4.97. The van der Waals surface area contributed by atoms with E-state index in [-0.39, 0.29) is 12.1 Å². The van der Waals surface area contributed by atoms with Crippen molar-refractivity contribution in [2.75, 3.05) is 36.4 Å². The number of rotatable bonds is 5. The van der Waals surface area contributed by atoms with E-state index in [4.69, 9.17) is 15.7 Å². The predicted octanol–water partition coefficient (Wildman–Crippen LogP) is 2.95. The van der Waals surface area contributed by atoms with Crippen LogP contribution < -0.4 is 20.5 Å². The van der Waals surface area contributed by atoms with Gasteiger partial charge in [0.1, 0.15) is 0 Å². The first-order valence-electron chi connectivity index (χ1n) is 11.9. The number of H-pyrrole nitrogens is 1. The van der Waals surface area contributed by atoms with Crippen LogP contribution in [-0.4, -0.2) is 52.2 Å². The van der Waals surface area contributed by atoms with Crippen molar-refractivity contribution in [3.8, 4) is 0 Å². The third-order valence-corrected chi connectivity index (χ3v) is 6.89. The maximum absolute atomic E-state index is 11.5. The monoisotopic (exact) mass is 457 g/mol. The van der Waals surface area contributed by atoms with Gasteiger partial charge in [-0.2, -0.15) is 0 Å². The second-order valence-corrected chi connectivity index (χ2v) is 9.30. The Hall–Kier alpha value is -3.88. The van der Waals surface area contributed by atoms with Gasteiger partial charge in [-0.05, 0) is 42.2 Å². The number of carbonyl (C=O) groups excluding carboxylic acids is 1. The fourth-order valence-electron chi connectivity index (χ4n) is 4.66. The molecule has 2 fully saturated rings. The Bertz CT molecular complexity index is 1370. The van der Waals surface area contributed by atoms with E-state index in [1.807, 2.05) is 4.52 Å². The largest absolute Gasteiger partial charge is 0.410 e. The predicted molar refractivity (Wildman–Crippen MR) is 131 cm³/mol.